The molecule has 0 aliphatic heterocycles. The average molecular weight is 320 g/mol. The lowest BCUT2D eigenvalue weighted by Crippen LogP contribution is -2.12. The fraction of sp³-hybridized carbons (Fsp3) is 0.250. The molecule has 3 heteroatoms. The van der Waals surface area contributed by atoms with E-state index in [1.165, 1.54) is 16.8 Å². The first-order valence-electron chi connectivity index (χ1n) is 6.34. The summed E-state index contributed by atoms with van der Waals surface area (Å²) in [4.78, 5) is 0. The lowest BCUT2D eigenvalue weighted by atomic mass is 10.1. The summed E-state index contributed by atoms with van der Waals surface area (Å²) >= 11 is 3.40. The number of hydrogen-bond acceptors (Lipinski definition) is 2. The number of ether oxygens (including phenoxy) is 1. The third kappa shape index (κ3) is 4.28. The lowest BCUT2D eigenvalue weighted by molar-refractivity contribution is 0.333. The van der Waals surface area contributed by atoms with E-state index in [1.54, 1.807) is 0 Å². The van der Waals surface area contributed by atoms with Crippen LogP contribution in [0.4, 0.5) is 5.69 Å². The quantitative estimate of drug-likeness (QED) is 0.816. The smallest absolute Gasteiger partial charge is 0.119 e. The number of rotatable bonds is 5. The minimum absolute atomic E-state index is 0.648. The average Bonchev–Trinajstić information content (AvgIpc) is 2.40. The molecule has 0 fully saturated rings. The summed E-state index contributed by atoms with van der Waals surface area (Å²) in [7, 11) is 0. The van der Waals surface area contributed by atoms with Crippen molar-refractivity contribution in [1.82, 2.24) is 0 Å². The molecule has 100 valence electrons. The second-order valence-electron chi connectivity index (χ2n) is 4.55. The number of hydrogen-bond donors (Lipinski definition) is 1. The van der Waals surface area contributed by atoms with Crippen LogP contribution in [-0.4, -0.2) is 13.2 Å². The first-order valence-corrected chi connectivity index (χ1v) is 7.14. The van der Waals surface area contributed by atoms with Gasteiger partial charge in [0.2, 0.25) is 0 Å². The molecule has 0 atom stereocenters. The Hall–Kier alpha value is -1.48. The standard InChI is InChI=1S/C16H18BrNO/c1-12-3-4-13(2)16(11-12)18-9-10-19-15-7-5-14(17)6-8-15/h3-8,11,18H,9-10H2,1-2H3. The molecule has 0 heterocycles. The van der Waals surface area contributed by atoms with Gasteiger partial charge in [0.05, 0.1) is 0 Å². The molecule has 0 aliphatic rings. The Kier molecular flexibility index (Phi) is 4.86. The van der Waals surface area contributed by atoms with Crippen molar-refractivity contribution in [1.29, 1.82) is 0 Å². The fourth-order valence-electron chi connectivity index (χ4n) is 1.81. The minimum atomic E-state index is 0.648. The van der Waals surface area contributed by atoms with Gasteiger partial charge in [-0.3, -0.25) is 0 Å². The molecule has 2 aromatic carbocycles. The molecule has 0 bridgehead atoms. The molecule has 0 amide bonds. The third-order valence-corrected chi connectivity index (χ3v) is 3.42. The molecular weight excluding hydrogens is 302 g/mol. The highest BCUT2D eigenvalue weighted by Gasteiger charge is 1.98. The monoisotopic (exact) mass is 319 g/mol. The highest BCUT2D eigenvalue weighted by molar-refractivity contribution is 9.10. The van der Waals surface area contributed by atoms with E-state index >= 15 is 0 Å². The van der Waals surface area contributed by atoms with E-state index in [0.717, 1.165) is 16.8 Å². The van der Waals surface area contributed by atoms with Crippen molar-refractivity contribution >= 4 is 21.6 Å². The zero-order valence-corrected chi connectivity index (χ0v) is 12.8. The minimum Gasteiger partial charge on any atom is -0.492 e. The van der Waals surface area contributed by atoms with Crippen LogP contribution in [0.1, 0.15) is 11.1 Å². The van der Waals surface area contributed by atoms with Gasteiger partial charge < -0.3 is 10.1 Å². The molecule has 0 unspecified atom stereocenters. The van der Waals surface area contributed by atoms with Crippen molar-refractivity contribution < 1.29 is 4.74 Å². The van der Waals surface area contributed by atoms with Crippen molar-refractivity contribution in [2.24, 2.45) is 0 Å². The van der Waals surface area contributed by atoms with Gasteiger partial charge in [-0.05, 0) is 55.3 Å². The summed E-state index contributed by atoms with van der Waals surface area (Å²) in [5.74, 6) is 0.894. The van der Waals surface area contributed by atoms with E-state index in [1.807, 2.05) is 24.3 Å². The van der Waals surface area contributed by atoms with E-state index in [0.29, 0.717) is 6.61 Å². The van der Waals surface area contributed by atoms with Crippen molar-refractivity contribution in [3.8, 4) is 5.75 Å². The summed E-state index contributed by atoms with van der Waals surface area (Å²) < 4.78 is 6.73. The van der Waals surface area contributed by atoms with E-state index in [9.17, 15) is 0 Å². The highest BCUT2D eigenvalue weighted by Crippen LogP contribution is 2.17. The van der Waals surface area contributed by atoms with Crippen LogP contribution >= 0.6 is 15.9 Å². The van der Waals surface area contributed by atoms with Gasteiger partial charge in [-0.25, -0.2) is 0 Å². The van der Waals surface area contributed by atoms with Gasteiger partial charge in [0.15, 0.2) is 0 Å². The van der Waals surface area contributed by atoms with Gasteiger partial charge >= 0.3 is 0 Å². The SMILES string of the molecule is Cc1ccc(C)c(NCCOc2ccc(Br)cc2)c1. The first kappa shape index (κ1) is 13.9. The molecule has 1 N–H and O–H groups in total. The number of benzene rings is 2. The zero-order chi connectivity index (χ0) is 13.7. The second-order valence-corrected chi connectivity index (χ2v) is 5.46. The zero-order valence-electron chi connectivity index (χ0n) is 11.2. The molecule has 0 aliphatic carbocycles. The maximum Gasteiger partial charge on any atom is 0.119 e. The Bertz CT molecular complexity index is 537. The van der Waals surface area contributed by atoms with Gasteiger partial charge in [0, 0.05) is 16.7 Å². The number of nitrogens with one attached hydrogen (secondary N) is 1. The Morgan fingerprint density at radius 2 is 1.79 bits per heavy atom. The van der Waals surface area contributed by atoms with Crippen LogP contribution < -0.4 is 10.1 Å². The number of anilines is 1. The van der Waals surface area contributed by atoms with Gasteiger partial charge in [0.1, 0.15) is 12.4 Å². The van der Waals surface area contributed by atoms with Crippen molar-refractivity contribution in [3.63, 3.8) is 0 Å². The first-order chi connectivity index (χ1) is 9.15. The molecule has 0 spiro atoms. The Morgan fingerprint density at radius 1 is 1.05 bits per heavy atom. The molecule has 19 heavy (non-hydrogen) atoms. The van der Waals surface area contributed by atoms with Crippen LogP contribution in [0.25, 0.3) is 0 Å². The summed E-state index contributed by atoms with van der Waals surface area (Å²) in [5, 5.41) is 3.40. The predicted molar refractivity (Wildman–Crippen MR) is 84.0 cm³/mol. The van der Waals surface area contributed by atoms with Crippen LogP contribution in [0, 0.1) is 13.8 Å². The van der Waals surface area contributed by atoms with E-state index < -0.39 is 0 Å². The van der Waals surface area contributed by atoms with E-state index in [-0.39, 0.29) is 0 Å². The maximum atomic E-state index is 5.67. The van der Waals surface area contributed by atoms with Crippen LogP contribution in [0.15, 0.2) is 46.9 Å². The van der Waals surface area contributed by atoms with Gasteiger partial charge in [-0.1, -0.05) is 28.1 Å². The van der Waals surface area contributed by atoms with Gasteiger partial charge in [-0.2, -0.15) is 0 Å². The molecule has 2 nitrogen and oxygen atoms in total. The third-order valence-electron chi connectivity index (χ3n) is 2.89. The number of halogens is 1. The molecule has 0 radical (unpaired) electrons. The van der Waals surface area contributed by atoms with Gasteiger partial charge in [0.25, 0.3) is 0 Å². The van der Waals surface area contributed by atoms with Crippen molar-refractivity contribution in [3.05, 3.63) is 58.1 Å². The lowest BCUT2D eigenvalue weighted by Gasteiger charge is -2.11. The van der Waals surface area contributed by atoms with Crippen molar-refractivity contribution in [2.45, 2.75) is 13.8 Å². The summed E-state index contributed by atoms with van der Waals surface area (Å²) in [5.41, 5.74) is 3.70. The van der Waals surface area contributed by atoms with Crippen LogP contribution in [0.3, 0.4) is 0 Å². The molecule has 0 aromatic heterocycles. The summed E-state index contributed by atoms with van der Waals surface area (Å²) in [6.07, 6.45) is 0. The Morgan fingerprint density at radius 3 is 2.53 bits per heavy atom. The Balaban J connectivity index is 1.80. The predicted octanol–water partition coefficient (Wildman–Crippen LogP) is 4.56. The fourth-order valence-corrected chi connectivity index (χ4v) is 2.08. The summed E-state index contributed by atoms with van der Waals surface area (Å²) in [6.45, 7) is 5.65. The largest absolute Gasteiger partial charge is 0.492 e. The highest BCUT2D eigenvalue weighted by atomic mass is 79.9. The van der Waals surface area contributed by atoms with Crippen LogP contribution in [0.5, 0.6) is 5.75 Å². The Labute approximate surface area is 122 Å². The van der Waals surface area contributed by atoms with Crippen molar-refractivity contribution in [2.75, 3.05) is 18.5 Å². The topological polar surface area (TPSA) is 21.3 Å². The molecule has 2 rings (SSSR count). The molecular formula is C16H18BrNO. The van der Waals surface area contributed by atoms with E-state index in [2.05, 4.69) is 53.3 Å². The van der Waals surface area contributed by atoms with E-state index in [4.69, 9.17) is 4.74 Å². The van der Waals surface area contributed by atoms with Crippen LogP contribution in [0.2, 0.25) is 0 Å². The second kappa shape index (κ2) is 6.62. The molecule has 0 saturated heterocycles. The summed E-state index contributed by atoms with van der Waals surface area (Å²) in [6, 6.07) is 14.3. The number of aryl methyl sites for hydroxylation is 2. The molecule has 0 saturated carbocycles. The maximum absolute atomic E-state index is 5.67. The normalized spacial score (nSPS) is 10.3. The van der Waals surface area contributed by atoms with Crippen LogP contribution in [-0.2, 0) is 0 Å². The van der Waals surface area contributed by atoms with Gasteiger partial charge in [-0.15, -0.1) is 0 Å². The molecule has 2 aromatic rings.